The first-order valence-corrected chi connectivity index (χ1v) is 15.5. The highest BCUT2D eigenvalue weighted by Gasteiger charge is 2.34. The molecule has 0 spiro atoms. The van der Waals surface area contributed by atoms with Gasteiger partial charge in [0, 0.05) is 49.1 Å². The van der Waals surface area contributed by atoms with Gasteiger partial charge in [0.1, 0.15) is 5.60 Å². The molecule has 2 aliphatic rings. The maximum Gasteiger partial charge on any atom is 0.410 e. The fourth-order valence-electron chi connectivity index (χ4n) is 4.19. The molecule has 11 nitrogen and oxygen atoms in total. The number of piperazine rings is 1. The van der Waals surface area contributed by atoms with E-state index >= 15 is 0 Å². The summed E-state index contributed by atoms with van der Waals surface area (Å²) in [6, 6.07) is 10.2. The van der Waals surface area contributed by atoms with Gasteiger partial charge >= 0.3 is 16.4 Å². The van der Waals surface area contributed by atoms with Crippen molar-refractivity contribution in [2.24, 2.45) is 0 Å². The molecule has 0 saturated carbocycles. The van der Waals surface area contributed by atoms with Crippen LogP contribution >= 0.6 is 10.7 Å². The van der Waals surface area contributed by atoms with Crippen LogP contribution in [0.3, 0.4) is 0 Å². The predicted octanol–water partition coefficient (Wildman–Crippen LogP) is 2.99. The van der Waals surface area contributed by atoms with Gasteiger partial charge in [0.15, 0.2) is 5.75 Å². The van der Waals surface area contributed by atoms with Gasteiger partial charge < -0.3 is 18.7 Å². The highest BCUT2D eigenvalue weighted by atomic mass is 35.7. The van der Waals surface area contributed by atoms with E-state index in [0.29, 0.717) is 17.7 Å². The minimum Gasteiger partial charge on any atom is -0.444 e. The Morgan fingerprint density at radius 3 is 2.21 bits per heavy atom. The lowest BCUT2D eigenvalue weighted by Gasteiger charge is -2.34. The van der Waals surface area contributed by atoms with E-state index in [1.165, 1.54) is 40.1 Å². The Labute approximate surface area is 226 Å². The zero-order valence-corrected chi connectivity index (χ0v) is 23.5. The summed E-state index contributed by atoms with van der Waals surface area (Å²) in [5, 5.41) is 0. The van der Waals surface area contributed by atoms with Crippen molar-refractivity contribution in [1.29, 1.82) is 0 Å². The Morgan fingerprint density at radius 1 is 0.921 bits per heavy atom. The molecule has 38 heavy (non-hydrogen) atoms. The van der Waals surface area contributed by atoms with Crippen molar-refractivity contribution in [3.63, 3.8) is 0 Å². The standard InChI is InChI=1S/C24H28ClN3O8S2/c1-24(2,3)35-23(30)26-12-14-27(15-13-26)38(33,34)36-21-7-5-4-6-19(21)22(29)28-11-10-17-16-18(37(25,31)32)8-9-20(17)28/h4-9,16H,10-15H2,1-3H3. The van der Waals surface area contributed by atoms with Crippen molar-refractivity contribution in [3.05, 3.63) is 53.6 Å². The maximum absolute atomic E-state index is 13.4. The van der Waals surface area contributed by atoms with Crippen molar-refractivity contribution in [2.75, 3.05) is 37.6 Å². The number of halogens is 1. The van der Waals surface area contributed by atoms with Gasteiger partial charge in [-0.15, -0.1) is 0 Å². The Morgan fingerprint density at radius 2 is 1.58 bits per heavy atom. The molecule has 0 aromatic heterocycles. The second kappa shape index (κ2) is 10.4. The van der Waals surface area contributed by atoms with Gasteiger partial charge in [0.2, 0.25) is 0 Å². The third kappa shape index (κ3) is 6.22. The number of anilines is 1. The van der Waals surface area contributed by atoms with Crippen molar-refractivity contribution in [2.45, 2.75) is 37.7 Å². The lowest BCUT2D eigenvalue weighted by molar-refractivity contribution is 0.0189. The minimum atomic E-state index is -4.28. The molecule has 0 atom stereocenters. The SMILES string of the molecule is CC(C)(C)OC(=O)N1CCN(S(=O)(=O)Oc2ccccc2C(=O)N2CCc3cc(S(=O)(=O)Cl)ccc32)CC1. The number of rotatable bonds is 5. The molecule has 0 unspecified atom stereocenters. The summed E-state index contributed by atoms with van der Waals surface area (Å²) < 4.78 is 61.3. The van der Waals surface area contributed by atoms with E-state index < -0.39 is 37.0 Å². The van der Waals surface area contributed by atoms with Crippen LogP contribution in [0, 0.1) is 0 Å². The molecule has 2 aromatic rings. The number of para-hydroxylation sites is 1. The first-order valence-electron chi connectivity index (χ1n) is 11.8. The quantitative estimate of drug-likeness (QED) is 0.490. The first kappa shape index (κ1) is 28.1. The summed E-state index contributed by atoms with van der Waals surface area (Å²) in [7, 11) is -2.76. The van der Waals surface area contributed by atoms with Gasteiger partial charge in [-0.2, -0.15) is 12.7 Å². The van der Waals surface area contributed by atoms with Crippen molar-refractivity contribution in [1.82, 2.24) is 9.21 Å². The molecule has 2 amide bonds. The number of fused-ring (bicyclic) bond motifs is 1. The summed E-state index contributed by atoms with van der Waals surface area (Å²) in [6.45, 7) is 5.78. The zero-order chi connectivity index (χ0) is 27.9. The van der Waals surface area contributed by atoms with Crippen LogP contribution in [-0.4, -0.2) is 76.4 Å². The number of benzene rings is 2. The summed E-state index contributed by atoms with van der Waals surface area (Å²) in [5.41, 5.74) is 0.508. The number of hydrogen-bond donors (Lipinski definition) is 0. The van der Waals surface area contributed by atoms with Crippen LogP contribution in [0.15, 0.2) is 47.4 Å². The third-order valence-corrected chi connectivity index (χ3v) is 8.73. The summed E-state index contributed by atoms with van der Waals surface area (Å²) in [6.07, 6.45) is -0.113. The second-order valence-electron chi connectivity index (χ2n) is 9.84. The first-order chi connectivity index (χ1) is 17.7. The largest absolute Gasteiger partial charge is 0.444 e. The molecule has 2 heterocycles. The molecule has 1 fully saturated rings. The molecule has 4 rings (SSSR count). The van der Waals surface area contributed by atoms with E-state index in [-0.39, 0.29) is 48.9 Å². The molecule has 2 aromatic carbocycles. The number of hydrogen-bond acceptors (Lipinski definition) is 8. The van der Waals surface area contributed by atoms with Gasteiger partial charge in [-0.1, -0.05) is 12.1 Å². The van der Waals surface area contributed by atoms with E-state index in [2.05, 4.69) is 0 Å². The van der Waals surface area contributed by atoms with Crippen LogP contribution in [0.5, 0.6) is 5.75 Å². The van der Waals surface area contributed by atoms with E-state index in [9.17, 15) is 26.4 Å². The number of carbonyl (C=O) groups is 2. The van der Waals surface area contributed by atoms with Crippen LogP contribution in [0.2, 0.25) is 0 Å². The highest BCUT2D eigenvalue weighted by molar-refractivity contribution is 8.13. The molecule has 1 saturated heterocycles. The van der Waals surface area contributed by atoms with Crippen LogP contribution in [0.25, 0.3) is 0 Å². The van der Waals surface area contributed by atoms with E-state index in [1.54, 1.807) is 32.9 Å². The molecule has 14 heteroatoms. The van der Waals surface area contributed by atoms with Gasteiger partial charge in [-0.05, 0) is 63.1 Å². The Bertz CT molecular complexity index is 1460. The Hall–Kier alpha value is -2.87. The number of carbonyl (C=O) groups excluding carboxylic acids is 2. The number of ether oxygens (including phenoxy) is 1. The summed E-state index contributed by atoms with van der Waals surface area (Å²) in [4.78, 5) is 28.5. The van der Waals surface area contributed by atoms with Gasteiger partial charge in [-0.3, -0.25) is 4.79 Å². The van der Waals surface area contributed by atoms with Gasteiger partial charge in [0.25, 0.3) is 15.0 Å². The number of nitrogens with zero attached hydrogens (tertiary/aromatic N) is 3. The molecule has 206 valence electrons. The van der Waals surface area contributed by atoms with Crippen molar-refractivity contribution < 1.29 is 35.3 Å². The molecular weight excluding hydrogens is 558 g/mol. The normalized spacial score (nSPS) is 16.7. The molecule has 0 aliphatic carbocycles. The fraction of sp³-hybridized carbons (Fsp3) is 0.417. The molecule has 2 aliphatic heterocycles. The maximum atomic E-state index is 13.4. The lowest BCUT2D eigenvalue weighted by atomic mass is 10.1. The van der Waals surface area contributed by atoms with Crippen LogP contribution in [0.1, 0.15) is 36.7 Å². The fourth-order valence-corrected chi connectivity index (χ4v) is 6.08. The van der Waals surface area contributed by atoms with Gasteiger partial charge in [0.05, 0.1) is 10.5 Å². The highest BCUT2D eigenvalue weighted by Crippen LogP contribution is 2.34. The average Bonchev–Trinajstić information content (AvgIpc) is 3.26. The summed E-state index contributed by atoms with van der Waals surface area (Å²) >= 11 is 0. The van der Waals surface area contributed by atoms with Crippen LogP contribution < -0.4 is 9.08 Å². The van der Waals surface area contributed by atoms with E-state index in [1.807, 2.05) is 0 Å². The smallest absolute Gasteiger partial charge is 0.410 e. The van der Waals surface area contributed by atoms with Crippen molar-refractivity contribution in [3.8, 4) is 5.75 Å². The van der Waals surface area contributed by atoms with Crippen molar-refractivity contribution >= 4 is 47.7 Å². The number of amides is 2. The van der Waals surface area contributed by atoms with Gasteiger partial charge in [-0.25, -0.2) is 13.2 Å². The van der Waals surface area contributed by atoms with E-state index in [4.69, 9.17) is 19.6 Å². The second-order valence-corrected chi connectivity index (χ2v) is 13.9. The summed E-state index contributed by atoms with van der Waals surface area (Å²) in [5.74, 6) is -0.633. The third-order valence-electron chi connectivity index (χ3n) is 5.99. The monoisotopic (exact) mass is 585 g/mol. The lowest BCUT2D eigenvalue weighted by Crippen LogP contribution is -2.52. The zero-order valence-electron chi connectivity index (χ0n) is 21.1. The van der Waals surface area contributed by atoms with Crippen LogP contribution in [0.4, 0.5) is 10.5 Å². The predicted molar refractivity (Wildman–Crippen MR) is 140 cm³/mol. The molecule has 0 radical (unpaired) electrons. The molecule has 0 bridgehead atoms. The Balaban J connectivity index is 1.48. The minimum absolute atomic E-state index is 0.00298. The topological polar surface area (TPSA) is 131 Å². The Kier molecular flexibility index (Phi) is 7.67. The van der Waals surface area contributed by atoms with Crippen LogP contribution in [-0.2, 0) is 30.5 Å². The molecular formula is C24H28ClN3O8S2. The average molecular weight is 586 g/mol. The molecule has 0 N–H and O–H groups in total. The van der Waals surface area contributed by atoms with E-state index in [0.717, 1.165) is 4.31 Å².